The highest BCUT2D eigenvalue weighted by atomic mass is 35.5. The quantitative estimate of drug-likeness (QED) is 0.644. The molecule has 1 aliphatic rings. The molecule has 0 fully saturated rings. The first-order valence-electron chi connectivity index (χ1n) is 8.69. The van der Waals surface area contributed by atoms with Gasteiger partial charge in [0.05, 0.1) is 34.4 Å². The van der Waals surface area contributed by atoms with E-state index in [1.165, 1.54) is 23.0 Å². The van der Waals surface area contributed by atoms with Gasteiger partial charge in [-0.15, -0.1) is 0 Å². The molecule has 7 nitrogen and oxygen atoms in total. The lowest BCUT2D eigenvalue weighted by Gasteiger charge is -2.18. The Labute approximate surface area is 166 Å². The van der Waals surface area contributed by atoms with Crippen LogP contribution in [-0.4, -0.2) is 36.9 Å². The average molecular weight is 421 g/mol. The smallest absolute Gasteiger partial charge is 0.261 e. The highest BCUT2D eigenvalue weighted by Gasteiger charge is 2.19. The molecule has 0 spiro atoms. The van der Waals surface area contributed by atoms with Crippen molar-refractivity contribution in [3.63, 3.8) is 0 Å². The van der Waals surface area contributed by atoms with E-state index >= 15 is 0 Å². The van der Waals surface area contributed by atoms with Gasteiger partial charge in [0, 0.05) is 11.1 Å². The molecule has 0 unspecified atom stereocenters. The molecule has 0 saturated heterocycles. The van der Waals surface area contributed by atoms with Crippen molar-refractivity contribution in [1.29, 1.82) is 0 Å². The fourth-order valence-electron chi connectivity index (χ4n) is 3.12. The van der Waals surface area contributed by atoms with Crippen LogP contribution >= 0.6 is 11.6 Å². The van der Waals surface area contributed by atoms with Gasteiger partial charge in [-0.05, 0) is 29.8 Å². The van der Waals surface area contributed by atoms with Crippen LogP contribution in [-0.2, 0) is 16.4 Å². The van der Waals surface area contributed by atoms with Gasteiger partial charge in [-0.1, -0.05) is 18.5 Å². The molecule has 9 heteroatoms. The lowest BCUT2D eigenvalue weighted by molar-refractivity contribution is 0.172. The van der Waals surface area contributed by atoms with Crippen molar-refractivity contribution in [3.8, 4) is 11.5 Å². The predicted molar refractivity (Wildman–Crippen MR) is 105 cm³/mol. The molecule has 1 aliphatic heterocycles. The number of aromatic nitrogens is 2. The van der Waals surface area contributed by atoms with Gasteiger partial charge in [-0.3, -0.25) is 9.36 Å². The Balaban J connectivity index is 1.82. The number of nitrogens with zero attached hydrogens (tertiary/aromatic N) is 2. The van der Waals surface area contributed by atoms with E-state index in [0.717, 1.165) is 0 Å². The summed E-state index contributed by atoms with van der Waals surface area (Å²) in [5, 5.41) is 0.764. The molecule has 3 aromatic rings. The maximum absolute atomic E-state index is 13.0. The Morgan fingerprint density at radius 2 is 1.86 bits per heavy atom. The molecule has 28 heavy (non-hydrogen) atoms. The number of sulfone groups is 1. The summed E-state index contributed by atoms with van der Waals surface area (Å²) in [6.07, 6.45) is 1.39. The Morgan fingerprint density at radius 3 is 2.57 bits per heavy atom. The third kappa shape index (κ3) is 3.33. The second-order valence-electron chi connectivity index (χ2n) is 6.35. The molecule has 0 bridgehead atoms. The lowest BCUT2D eigenvalue weighted by Crippen LogP contribution is -2.23. The molecule has 0 atom stereocenters. The Bertz CT molecular complexity index is 1240. The third-order valence-electron chi connectivity index (χ3n) is 4.57. The first-order chi connectivity index (χ1) is 13.4. The van der Waals surface area contributed by atoms with E-state index in [2.05, 4.69) is 4.98 Å². The number of fused-ring (bicyclic) bond motifs is 2. The fourth-order valence-corrected chi connectivity index (χ4v) is 4.43. The molecule has 146 valence electrons. The normalized spacial score (nSPS) is 13.6. The molecule has 0 amide bonds. The summed E-state index contributed by atoms with van der Waals surface area (Å²) in [5.74, 6) is 0.998. The molecule has 4 rings (SSSR count). The molecule has 0 N–H and O–H groups in total. The van der Waals surface area contributed by atoms with Gasteiger partial charge < -0.3 is 9.47 Å². The standard InChI is InChI=1S/C19H17ClN2O5S/c1-2-28(24,25)18-4-3-13(20)7-12(18)10-22-11-21-15-9-17-16(26-5-6-27-17)8-14(15)19(22)23/h3-4,7-9,11H,2,5-6,10H2,1H3. The second-order valence-corrected chi connectivity index (χ2v) is 9.03. The predicted octanol–water partition coefficient (Wildman–Crippen LogP) is 2.66. The Morgan fingerprint density at radius 1 is 1.14 bits per heavy atom. The van der Waals surface area contributed by atoms with E-state index in [-0.39, 0.29) is 22.8 Å². The van der Waals surface area contributed by atoms with Crippen molar-refractivity contribution >= 4 is 32.3 Å². The maximum atomic E-state index is 13.0. The van der Waals surface area contributed by atoms with Gasteiger partial charge in [0.25, 0.3) is 5.56 Å². The highest BCUT2D eigenvalue weighted by Crippen LogP contribution is 2.32. The summed E-state index contributed by atoms with van der Waals surface area (Å²) in [5.41, 5.74) is 0.620. The van der Waals surface area contributed by atoms with Crippen LogP contribution in [0.5, 0.6) is 11.5 Å². The van der Waals surface area contributed by atoms with Crippen molar-refractivity contribution in [3.05, 3.63) is 57.6 Å². The summed E-state index contributed by atoms with van der Waals surface area (Å²) >= 11 is 6.06. The molecule has 2 heterocycles. The molecular formula is C19H17ClN2O5S. The van der Waals surface area contributed by atoms with Crippen molar-refractivity contribution in [2.75, 3.05) is 19.0 Å². The van der Waals surface area contributed by atoms with E-state index in [9.17, 15) is 13.2 Å². The second kappa shape index (κ2) is 7.10. The summed E-state index contributed by atoms with van der Waals surface area (Å²) in [4.78, 5) is 17.5. The summed E-state index contributed by atoms with van der Waals surface area (Å²) in [7, 11) is -3.46. The van der Waals surface area contributed by atoms with Gasteiger partial charge in [-0.25, -0.2) is 13.4 Å². The molecule has 1 aromatic heterocycles. The van der Waals surface area contributed by atoms with Gasteiger partial charge in [0.2, 0.25) is 0 Å². The van der Waals surface area contributed by atoms with E-state index in [0.29, 0.717) is 46.2 Å². The number of ether oxygens (including phenoxy) is 2. The molecule has 0 saturated carbocycles. The van der Waals surface area contributed by atoms with Gasteiger partial charge >= 0.3 is 0 Å². The van der Waals surface area contributed by atoms with Crippen LogP contribution in [0.15, 0.2) is 46.3 Å². The van der Waals surface area contributed by atoms with Crippen LogP contribution in [0.1, 0.15) is 12.5 Å². The van der Waals surface area contributed by atoms with E-state index in [4.69, 9.17) is 21.1 Å². The van der Waals surface area contributed by atoms with Gasteiger partial charge in [0.15, 0.2) is 21.3 Å². The lowest BCUT2D eigenvalue weighted by atomic mass is 10.2. The Kier molecular flexibility index (Phi) is 4.76. The van der Waals surface area contributed by atoms with Crippen molar-refractivity contribution in [2.45, 2.75) is 18.4 Å². The van der Waals surface area contributed by atoms with Crippen LogP contribution in [0, 0.1) is 0 Å². The molecule has 0 aliphatic carbocycles. The SMILES string of the molecule is CCS(=O)(=O)c1ccc(Cl)cc1Cn1cnc2cc3c(cc2c1=O)OCCO3. The molecular weight excluding hydrogens is 404 g/mol. The van der Waals surface area contributed by atoms with E-state index in [1.807, 2.05) is 0 Å². The number of benzene rings is 2. The van der Waals surface area contributed by atoms with Gasteiger partial charge in [-0.2, -0.15) is 0 Å². The van der Waals surface area contributed by atoms with Crippen LogP contribution in [0.2, 0.25) is 5.02 Å². The summed E-state index contributed by atoms with van der Waals surface area (Å²) < 4.78 is 37.2. The minimum absolute atomic E-state index is 0.0331. The van der Waals surface area contributed by atoms with Crippen molar-refractivity contribution in [1.82, 2.24) is 9.55 Å². The summed E-state index contributed by atoms with van der Waals surface area (Å²) in [6.45, 7) is 2.46. The zero-order valence-corrected chi connectivity index (χ0v) is 16.6. The minimum Gasteiger partial charge on any atom is -0.486 e. The maximum Gasteiger partial charge on any atom is 0.261 e. The zero-order chi connectivity index (χ0) is 19.9. The summed E-state index contributed by atoms with van der Waals surface area (Å²) in [6, 6.07) is 7.83. The highest BCUT2D eigenvalue weighted by molar-refractivity contribution is 7.91. The number of hydrogen-bond acceptors (Lipinski definition) is 6. The van der Waals surface area contributed by atoms with Gasteiger partial charge in [0.1, 0.15) is 13.2 Å². The molecule has 2 aromatic carbocycles. The average Bonchev–Trinajstić information content (AvgIpc) is 2.69. The number of halogens is 1. The molecule has 0 radical (unpaired) electrons. The fraction of sp³-hybridized carbons (Fsp3) is 0.263. The van der Waals surface area contributed by atoms with Crippen LogP contribution in [0.4, 0.5) is 0 Å². The topological polar surface area (TPSA) is 87.5 Å². The van der Waals surface area contributed by atoms with Crippen molar-refractivity contribution in [2.24, 2.45) is 0 Å². The number of rotatable bonds is 4. The first-order valence-corrected chi connectivity index (χ1v) is 10.7. The zero-order valence-electron chi connectivity index (χ0n) is 15.0. The van der Waals surface area contributed by atoms with E-state index < -0.39 is 9.84 Å². The number of hydrogen-bond donors (Lipinski definition) is 0. The van der Waals surface area contributed by atoms with Crippen LogP contribution in [0.3, 0.4) is 0 Å². The largest absolute Gasteiger partial charge is 0.486 e. The third-order valence-corrected chi connectivity index (χ3v) is 6.63. The first kappa shape index (κ1) is 18.8. The van der Waals surface area contributed by atoms with E-state index in [1.54, 1.807) is 25.1 Å². The van der Waals surface area contributed by atoms with Crippen LogP contribution < -0.4 is 15.0 Å². The monoisotopic (exact) mass is 420 g/mol. The van der Waals surface area contributed by atoms with Crippen LogP contribution in [0.25, 0.3) is 10.9 Å². The minimum atomic E-state index is -3.46. The van der Waals surface area contributed by atoms with Crippen molar-refractivity contribution < 1.29 is 17.9 Å². The Hall–Kier alpha value is -2.58.